The highest BCUT2D eigenvalue weighted by Gasteiger charge is 2.11. The van der Waals surface area contributed by atoms with E-state index >= 15 is 0 Å². The summed E-state index contributed by atoms with van der Waals surface area (Å²) < 4.78 is 0. The number of hydrogen-bond acceptors (Lipinski definition) is 0. The second-order valence-electron chi connectivity index (χ2n) is 6.29. The molecular formula is C16H34. The van der Waals surface area contributed by atoms with E-state index in [1.54, 1.807) is 0 Å². The predicted molar refractivity (Wildman–Crippen MR) is 75.7 cm³/mol. The van der Waals surface area contributed by atoms with Gasteiger partial charge in [-0.3, -0.25) is 0 Å². The highest BCUT2D eigenvalue weighted by molar-refractivity contribution is 4.63. The standard InChI is InChI=1S/C16H34/c1-7-13(3)11-15(5)9-10-16(6)12-14(4)8-2/h13-16H,7-12H2,1-6H3/t13-,14+,15+,16-. The van der Waals surface area contributed by atoms with Crippen LogP contribution in [0.15, 0.2) is 0 Å². The first-order chi connectivity index (χ1) is 7.49. The Labute approximate surface area is 104 Å². The van der Waals surface area contributed by atoms with E-state index in [0.717, 1.165) is 23.7 Å². The van der Waals surface area contributed by atoms with Crippen LogP contribution < -0.4 is 0 Å². The lowest BCUT2D eigenvalue weighted by atomic mass is 9.86. The van der Waals surface area contributed by atoms with Crippen molar-refractivity contribution in [2.24, 2.45) is 23.7 Å². The third kappa shape index (κ3) is 8.19. The maximum Gasteiger partial charge on any atom is -0.0440 e. The van der Waals surface area contributed by atoms with E-state index in [9.17, 15) is 0 Å². The summed E-state index contributed by atoms with van der Waals surface area (Å²) in [6.45, 7) is 14.3. The van der Waals surface area contributed by atoms with Gasteiger partial charge >= 0.3 is 0 Å². The zero-order chi connectivity index (χ0) is 12.6. The van der Waals surface area contributed by atoms with Gasteiger partial charge in [-0.15, -0.1) is 0 Å². The van der Waals surface area contributed by atoms with Crippen LogP contribution in [0, 0.1) is 23.7 Å². The van der Waals surface area contributed by atoms with Gasteiger partial charge in [0.25, 0.3) is 0 Å². The molecule has 0 saturated carbocycles. The van der Waals surface area contributed by atoms with Gasteiger partial charge in [0.1, 0.15) is 0 Å². The first-order valence-electron chi connectivity index (χ1n) is 7.49. The van der Waals surface area contributed by atoms with Gasteiger partial charge in [0.15, 0.2) is 0 Å². The molecule has 0 spiro atoms. The topological polar surface area (TPSA) is 0 Å². The Morgan fingerprint density at radius 2 is 0.875 bits per heavy atom. The molecule has 0 amide bonds. The summed E-state index contributed by atoms with van der Waals surface area (Å²) in [6.07, 6.45) is 8.39. The minimum absolute atomic E-state index is 0.917. The minimum atomic E-state index is 0.917. The van der Waals surface area contributed by atoms with Crippen LogP contribution in [0.25, 0.3) is 0 Å². The van der Waals surface area contributed by atoms with Crippen molar-refractivity contribution in [2.45, 2.75) is 80.1 Å². The molecule has 0 fully saturated rings. The van der Waals surface area contributed by atoms with Gasteiger partial charge in [-0.2, -0.15) is 0 Å². The maximum atomic E-state index is 2.43. The van der Waals surface area contributed by atoms with Crippen LogP contribution in [-0.4, -0.2) is 0 Å². The second kappa shape index (κ2) is 9.07. The van der Waals surface area contributed by atoms with Gasteiger partial charge in [-0.25, -0.2) is 0 Å². The van der Waals surface area contributed by atoms with Crippen molar-refractivity contribution in [3.63, 3.8) is 0 Å². The smallest absolute Gasteiger partial charge is 0.0440 e. The summed E-state index contributed by atoms with van der Waals surface area (Å²) in [7, 11) is 0. The lowest BCUT2D eigenvalue weighted by Gasteiger charge is -2.20. The maximum absolute atomic E-state index is 2.43. The number of hydrogen-bond donors (Lipinski definition) is 0. The molecule has 0 aromatic heterocycles. The quantitative estimate of drug-likeness (QED) is 0.458. The van der Waals surface area contributed by atoms with Crippen LogP contribution in [0.1, 0.15) is 80.1 Å². The average Bonchev–Trinajstić information content (AvgIpc) is 2.26. The summed E-state index contributed by atoms with van der Waals surface area (Å²) in [5.74, 6) is 3.68. The second-order valence-corrected chi connectivity index (χ2v) is 6.29. The van der Waals surface area contributed by atoms with E-state index in [-0.39, 0.29) is 0 Å². The van der Waals surface area contributed by atoms with E-state index < -0.39 is 0 Å². The van der Waals surface area contributed by atoms with Crippen molar-refractivity contribution in [2.75, 3.05) is 0 Å². The molecule has 0 rings (SSSR count). The predicted octanol–water partition coefficient (Wildman–Crippen LogP) is 5.91. The van der Waals surface area contributed by atoms with E-state index in [0.29, 0.717) is 0 Å². The molecule has 0 aromatic carbocycles. The molecular weight excluding hydrogens is 192 g/mol. The Morgan fingerprint density at radius 3 is 1.12 bits per heavy atom. The van der Waals surface area contributed by atoms with Crippen LogP contribution in [-0.2, 0) is 0 Å². The Morgan fingerprint density at radius 1 is 0.562 bits per heavy atom. The Bertz CT molecular complexity index is 132. The largest absolute Gasteiger partial charge is 0.0651 e. The lowest BCUT2D eigenvalue weighted by molar-refractivity contribution is 0.324. The SMILES string of the molecule is CC[C@@H](C)C[C@@H](C)CC[C@@H](C)C[C@@H](C)CC. The molecule has 0 aliphatic rings. The van der Waals surface area contributed by atoms with E-state index in [1.165, 1.54) is 38.5 Å². The van der Waals surface area contributed by atoms with Gasteiger partial charge < -0.3 is 0 Å². The Hall–Kier alpha value is 0. The molecule has 0 aliphatic heterocycles. The van der Waals surface area contributed by atoms with E-state index in [2.05, 4.69) is 41.5 Å². The zero-order valence-corrected chi connectivity index (χ0v) is 12.6. The molecule has 0 unspecified atom stereocenters. The van der Waals surface area contributed by atoms with Crippen molar-refractivity contribution in [3.8, 4) is 0 Å². The van der Waals surface area contributed by atoms with Crippen molar-refractivity contribution in [3.05, 3.63) is 0 Å². The molecule has 4 atom stereocenters. The van der Waals surface area contributed by atoms with Crippen molar-refractivity contribution >= 4 is 0 Å². The van der Waals surface area contributed by atoms with Crippen molar-refractivity contribution in [1.82, 2.24) is 0 Å². The highest BCUT2D eigenvalue weighted by atomic mass is 14.2. The average molecular weight is 226 g/mol. The summed E-state index contributed by atoms with van der Waals surface area (Å²) in [6, 6.07) is 0. The fourth-order valence-electron chi connectivity index (χ4n) is 2.51. The van der Waals surface area contributed by atoms with Crippen molar-refractivity contribution in [1.29, 1.82) is 0 Å². The molecule has 0 bridgehead atoms. The van der Waals surface area contributed by atoms with Gasteiger partial charge in [-0.05, 0) is 36.5 Å². The van der Waals surface area contributed by atoms with Crippen molar-refractivity contribution < 1.29 is 0 Å². The Balaban J connectivity index is 3.62. The fourth-order valence-corrected chi connectivity index (χ4v) is 2.51. The molecule has 98 valence electrons. The third-order valence-electron chi connectivity index (χ3n) is 4.16. The number of rotatable bonds is 9. The molecule has 0 nitrogen and oxygen atoms in total. The van der Waals surface area contributed by atoms with Gasteiger partial charge in [0.05, 0.1) is 0 Å². The normalized spacial score (nSPS) is 19.1. The summed E-state index contributed by atoms with van der Waals surface area (Å²) in [4.78, 5) is 0. The summed E-state index contributed by atoms with van der Waals surface area (Å²) >= 11 is 0. The van der Waals surface area contributed by atoms with E-state index in [4.69, 9.17) is 0 Å². The van der Waals surface area contributed by atoms with E-state index in [1.807, 2.05) is 0 Å². The molecule has 0 saturated heterocycles. The summed E-state index contributed by atoms with van der Waals surface area (Å²) in [5, 5.41) is 0. The molecule has 0 heteroatoms. The molecule has 0 aromatic rings. The van der Waals surface area contributed by atoms with Crippen LogP contribution in [0.5, 0.6) is 0 Å². The first-order valence-corrected chi connectivity index (χ1v) is 7.49. The molecule has 0 heterocycles. The highest BCUT2D eigenvalue weighted by Crippen LogP contribution is 2.24. The molecule has 0 aliphatic carbocycles. The monoisotopic (exact) mass is 226 g/mol. The van der Waals surface area contributed by atoms with Crippen LogP contribution in [0.4, 0.5) is 0 Å². The summed E-state index contributed by atoms with van der Waals surface area (Å²) in [5.41, 5.74) is 0. The molecule has 0 N–H and O–H groups in total. The van der Waals surface area contributed by atoms with Gasteiger partial charge in [-0.1, -0.05) is 67.2 Å². The third-order valence-corrected chi connectivity index (χ3v) is 4.16. The van der Waals surface area contributed by atoms with Crippen LogP contribution in [0.2, 0.25) is 0 Å². The zero-order valence-electron chi connectivity index (χ0n) is 12.6. The molecule has 16 heavy (non-hydrogen) atoms. The van der Waals surface area contributed by atoms with Crippen LogP contribution >= 0.6 is 0 Å². The lowest BCUT2D eigenvalue weighted by Crippen LogP contribution is -2.07. The Kier molecular flexibility index (Phi) is 9.07. The minimum Gasteiger partial charge on any atom is -0.0651 e. The van der Waals surface area contributed by atoms with Crippen LogP contribution in [0.3, 0.4) is 0 Å². The molecule has 0 radical (unpaired) electrons. The fraction of sp³-hybridized carbons (Fsp3) is 1.00. The van der Waals surface area contributed by atoms with Gasteiger partial charge in [0.2, 0.25) is 0 Å². The van der Waals surface area contributed by atoms with Gasteiger partial charge in [0, 0.05) is 0 Å². The first kappa shape index (κ1) is 16.0.